The molecule has 0 atom stereocenters. The predicted octanol–water partition coefficient (Wildman–Crippen LogP) is 5.14. The Labute approximate surface area is 191 Å². The Morgan fingerprint density at radius 2 is 1.73 bits per heavy atom. The van der Waals surface area contributed by atoms with Crippen molar-refractivity contribution < 1.29 is 14.8 Å². The van der Waals surface area contributed by atoms with Gasteiger partial charge in [0.15, 0.2) is 0 Å². The van der Waals surface area contributed by atoms with Crippen molar-refractivity contribution in [2.45, 2.75) is 33.3 Å². The van der Waals surface area contributed by atoms with Gasteiger partial charge in [-0.15, -0.1) is 0 Å². The van der Waals surface area contributed by atoms with E-state index in [1.165, 1.54) is 12.1 Å². The van der Waals surface area contributed by atoms with Gasteiger partial charge in [-0.25, -0.2) is 0 Å². The lowest BCUT2D eigenvalue weighted by Gasteiger charge is -2.13. The highest BCUT2D eigenvalue weighted by molar-refractivity contribution is 5.66. The van der Waals surface area contributed by atoms with Gasteiger partial charge in [0.2, 0.25) is 11.7 Å². The first-order valence-corrected chi connectivity index (χ1v) is 10.0. The smallest absolute Gasteiger partial charge is 0.311 e. The standard InChI is InChI=1S/C25H22N4O4/c1-16-13-19(11-12-25(3,4)30)14-17(2)23(16)33-22-10-9-21(29(31)32)24(28-22)27-20-7-5-18(15-26)6-8-20/h5-10,13-14,30H,1-4H3,(H,27,28). The Kier molecular flexibility index (Phi) is 6.62. The summed E-state index contributed by atoms with van der Waals surface area (Å²) in [5, 5.41) is 33.1. The Morgan fingerprint density at radius 3 is 2.27 bits per heavy atom. The number of nitriles is 1. The summed E-state index contributed by atoms with van der Waals surface area (Å²) < 4.78 is 5.98. The van der Waals surface area contributed by atoms with Crippen molar-refractivity contribution in [3.8, 4) is 29.5 Å². The maximum atomic E-state index is 11.5. The number of benzene rings is 2. The summed E-state index contributed by atoms with van der Waals surface area (Å²) in [7, 11) is 0. The van der Waals surface area contributed by atoms with Gasteiger partial charge >= 0.3 is 5.69 Å². The average Bonchev–Trinajstić information content (AvgIpc) is 2.75. The van der Waals surface area contributed by atoms with Gasteiger partial charge in [-0.2, -0.15) is 10.2 Å². The summed E-state index contributed by atoms with van der Waals surface area (Å²) >= 11 is 0. The number of aryl methyl sites for hydroxylation is 2. The molecule has 0 spiro atoms. The van der Waals surface area contributed by atoms with Crippen LogP contribution in [0.15, 0.2) is 48.5 Å². The van der Waals surface area contributed by atoms with Crippen LogP contribution in [0.5, 0.6) is 11.6 Å². The molecule has 0 aliphatic heterocycles. The van der Waals surface area contributed by atoms with Gasteiger partial charge in [0.1, 0.15) is 11.4 Å². The molecule has 0 saturated heterocycles. The minimum atomic E-state index is -1.10. The van der Waals surface area contributed by atoms with Gasteiger partial charge in [0, 0.05) is 23.4 Å². The largest absolute Gasteiger partial charge is 0.438 e. The summed E-state index contributed by atoms with van der Waals surface area (Å²) in [4.78, 5) is 15.2. The summed E-state index contributed by atoms with van der Waals surface area (Å²) in [5.74, 6) is 6.49. The van der Waals surface area contributed by atoms with Crippen molar-refractivity contribution in [2.75, 3.05) is 5.32 Å². The monoisotopic (exact) mass is 442 g/mol. The Morgan fingerprint density at radius 1 is 1.09 bits per heavy atom. The molecule has 3 aromatic rings. The van der Waals surface area contributed by atoms with E-state index in [1.54, 1.807) is 38.1 Å². The average molecular weight is 442 g/mol. The number of rotatable bonds is 5. The van der Waals surface area contributed by atoms with E-state index < -0.39 is 10.5 Å². The topological polar surface area (TPSA) is 121 Å². The first-order chi connectivity index (χ1) is 15.6. The zero-order valence-corrected chi connectivity index (χ0v) is 18.6. The fraction of sp³-hybridized carbons (Fsp3) is 0.200. The molecule has 0 unspecified atom stereocenters. The maximum Gasteiger partial charge on any atom is 0.311 e. The van der Waals surface area contributed by atoms with Gasteiger partial charge in [-0.3, -0.25) is 10.1 Å². The Hall–Kier alpha value is -4.40. The molecule has 1 heterocycles. The molecule has 0 saturated carbocycles. The summed E-state index contributed by atoms with van der Waals surface area (Å²) in [6.45, 7) is 6.94. The molecule has 0 amide bonds. The van der Waals surface area contributed by atoms with E-state index in [9.17, 15) is 15.2 Å². The Bertz CT molecular complexity index is 1280. The molecule has 2 N–H and O–H groups in total. The van der Waals surface area contributed by atoms with Gasteiger partial charge in [-0.1, -0.05) is 11.8 Å². The highest BCUT2D eigenvalue weighted by Crippen LogP contribution is 2.33. The van der Waals surface area contributed by atoms with Crippen LogP contribution >= 0.6 is 0 Å². The normalized spacial score (nSPS) is 10.5. The Balaban J connectivity index is 1.92. The van der Waals surface area contributed by atoms with Crippen molar-refractivity contribution in [2.24, 2.45) is 0 Å². The summed E-state index contributed by atoms with van der Waals surface area (Å²) in [6.07, 6.45) is 0. The molecular formula is C25H22N4O4. The predicted molar refractivity (Wildman–Crippen MR) is 124 cm³/mol. The lowest BCUT2D eigenvalue weighted by Crippen LogP contribution is -2.14. The van der Waals surface area contributed by atoms with Crippen LogP contribution in [0.3, 0.4) is 0 Å². The minimum absolute atomic E-state index is 0.0187. The van der Waals surface area contributed by atoms with E-state index in [0.717, 1.165) is 16.7 Å². The zero-order chi connectivity index (χ0) is 24.2. The van der Waals surface area contributed by atoms with Gasteiger partial charge in [0.25, 0.3) is 0 Å². The first kappa shape index (κ1) is 23.3. The molecule has 166 valence electrons. The number of pyridine rings is 1. The van der Waals surface area contributed by atoms with Crippen molar-refractivity contribution in [3.05, 3.63) is 80.9 Å². The van der Waals surface area contributed by atoms with Crippen LogP contribution in [-0.4, -0.2) is 20.6 Å². The van der Waals surface area contributed by atoms with Crippen LogP contribution in [0.2, 0.25) is 0 Å². The molecular weight excluding hydrogens is 420 g/mol. The van der Waals surface area contributed by atoms with E-state index in [0.29, 0.717) is 17.0 Å². The van der Waals surface area contributed by atoms with Gasteiger partial charge in [0.05, 0.1) is 16.6 Å². The second-order valence-electron chi connectivity index (χ2n) is 7.94. The molecule has 2 aromatic carbocycles. The summed E-state index contributed by atoms with van der Waals surface area (Å²) in [5.41, 5.74) is 2.05. The second-order valence-corrected chi connectivity index (χ2v) is 7.94. The fourth-order valence-electron chi connectivity index (χ4n) is 3.01. The second kappa shape index (κ2) is 9.39. The third-order valence-electron chi connectivity index (χ3n) is 4.50. The number of hydrogen-bond donors (Lipinski definition) is 2. The highest BCUT2D eigenvalue weighted by Gasteiger charge is 2.18. The number of anilines is 2. The van der Waals surface area contributed by atoms with Crippen LogP contribution in [-0.2, 0) is 0 Å². The molecule has 0 radical (unpaired) electrons. The lowest BCUT2D eigenvalue weighted by molar-refractivity contribution is -0.384. The third-order valence-corrected chi connectivity index (χ3v) is 4.50. The zero-order valence-electron chi connectivity index (χ0n) is 18.6. The van der Waals surface area contributed by atoms with Crippen LogP contribution in [0.25, 0.3) is 0 Å². The van der Waals surface area contributed by atoms with E-state index in [4.69, 9.17) is 10.00 Å². The molecule has 8 nitrogen and oxygen atoms in total. The van der Waals surface area contributed by atoms with Crippen LogP contribution in [0, 0.1) is 47.1 Å². The third kappa shape index (κ3) is 6.07. The van der Waals surface area contributed by atoms with Crippen molar-refractivity contribution in [1.29, 1.82) is 5.26 Å². The number of ether oxygens (including phenoxy) is 1. The quantitative estimate of drug-likeness (QED) is 0.319. The first-order valence-electron chi connectivity index (χ1n) is 10.0. The molecule has 0 fully saturated rings. The SMILES string of the molecule is Cc1cc(C#CC(C)(C)O)cc(C)c1Oc1ccc([N+](=O)[O-])c(Nc2ccc(C#N)cc2)n1. The molecule has 3 rings (SSSR count). The summed E-state index contributed by atoms with van der Waals surface area (Å²) in [6, 6.07) is 14.9. The number of hydrogen-bond acceptors (Lipinski definition) is 7. The number of aliphatic hydroxyl groups is 1. The van der Waals surface area contributed by atoms with E-state index in [2.05, 4.69) is 22.1 Å². The van der Waals surface area contributed by atoms with Gasteiger partial charge < -0.3 is 15.2 Å². The number of aromatic nitrogens is 1. The minimum Gasteiger partial charge on any atom is -0.438 e. The number of nitrogens with zero attached hydrogens (tertiary/aromatic N) is 3. The van der Waals surface area contributed by atoms with E-state index in [-0.39, 0.29) is 17.4 Å². The molecule has 1 aromatic heterocycles. The van der Waals surface area contributed by atoms with E-state index in [1.807, 2.05) is 32.0 Å². The fourth-order valence-corrected chi connectivity index (χ4v) is 3.01. The van der Waals surface area contributed by atoms with Crippen molar-refractivity contribution >= 4 is 17.2 Å². The van der Waals surface area contributed by atoms with Crippen molar-refractivity contribution in [1.82, 2.24) is 4.98 Å². The maximum absolute atomic E-state index is 11.5. The molecule has 33 heavy (non-hydrogen) atoms. The van der Waals surface area contributed by atoms with Crippen LogP contribution in [0.4, 0.5) is 17.2 Å². The highest BCUT2D eigenvalue weighted by atomic mass is 16.6. The van der Waals surface area contributed by atoms with Crippen LogP contribution in [0.1, 0.15) is 36.1 Å². The lowest BCUT2D eigenvalue weighted by atomic mass is 10.0. The van der Waals surface area contributed by atoms with Crippen molar-refractivity contribution in [3.63, 3.8) is 0 Å². The van der Waals surface area contributed by atoms with E-state index >= 15 is 0 Å². The number of nitrogens with one attached hydrogen (secondary N) is 1. The molecule has 0 aliphatic carbocycles. The number of nitro groups is 1. The molecule has 8 heteroatoms. The van der Waals surface area contributed by atoms with Gasteiger partial charge in [-0.05, 0) is 75.2 Å². The molecule has 0 aliphatic rings. The van der Waals surface area contributed by atoms with Crippen LogP contribution < -0.4 is 10.1 Å². The molecule has 0 bridgehead atoms.